The van der Waals surface area contributed by atoms with Crippen LogP contribution in [0.25, 0.3) is 0 Å². The molecule has 1 amide bonds. The van der Waals surface area contributed by atoms with Gasteiger partial charge in [0.1, 0.15) is 0 Å². The first-order chi connectivity index (χ1) is 8.34. The number of anilines is 1. The number of aryl methyl sites for hydroxylation is 1. The molecular formula is C11H18ClN3O3S. The molecule has 0 aliphatic carbocycles. The molecule has 0 atom stereocenters. The number of carbonyl (C=O) groups excluding carboxylic acids is 1. The van der Waals surface area contributed by atoms with Crippen LogP contribution in [0.3, 0.4) is 0 Å². The molecule has 108 valence electrons. The highest BCUT2D eigenvalue weighted by Gasteiger charge is 2.12. The molecule has 0 unspecified atom stereocenters. The SMILES string of the molecule is CNCCC(=O)Nc1ccc(C)c(S(N)(=O)=O)c1.Cl. The Kier molecular flexibility index (Phi) is 6.99. The van der Waals surface area contributed by atoms with Gasteiger partial charge in [0.05, 0.1) is 4.90 Å². The molecular weight excluding hydrogens is 290 g/mol. The number of hydrogen-bond donors (Lipinski definition) is 3. The summed E-state index contributed by atoms with van der Waals surface area (Å²) < 4.78 is 22.6. The lowest BCUT2D eigenvalue weighted by atomic mass is 10.2. The van der Waals surface area contributed by atoms with Gasteiger partial charge in [-0.3, -0.25) is 4.79 Å². The average Bonchev–Trinajstić information content (AvgIpc) is 2.27. The van der Waals surface area contributed by atoms with Gasteiger partial charge in [0, 0.05) is 18.7 Å². The number of hydrogen-bond acceptors (Lipinski definition) is 4. The lowest BCUT2D eigenvalue weighted by Gasteiger charge is -2.08. The van der Waals surface area contributed by atoms with Crippen molar-refractivity contribution in [2.75, 3.05) is 18.9 Å². The first kappa shape index (κ1) is 17.8. The molecule has 0 radical (unpaired) electrons. The van der Waals surface area contributed by atoms with Gasteiger partial charge in [-0.1, -0.05) is 6.07 Å². The first-order valence-corrected chi connectivity index (χ1v) is 6.97. The van der Waals surface area contributed by atoms with Crippen molar-refractivity contribution in [2.24, 2.45) is 5.14 Å². The summed E-state index contributed by atoms with van der Waals surface area (Å²) >= 11 is 0. The summed E-state index contributed by atoms with van der Waals surface area (Å²) in [6.45, 7) is 2.20. The lowest BCUT2D eigenvalue weighted by molar-refractivity contribution is -0.116. The summed E-state index contributed by atoms with van der Waals surface area (Å²) in [5.74, 6) is -0.187. The van der Waals surface area contributed by atoms with Gasteiger partial charge in [-0.05, 0) is 31.7 Å². The summed E-state index contributed by atoms with van der Waals surface area (Å²) in [5.41, 5.74) is 0.969. The molecule has 0 saturated heterocycles. The quantitative estimate of drug-likeness (QED) is 0.742. The molecule has 0 bridgehead atoms. The van der Waals surface area contributed by atoms with Gasteiger partial charge in [0.2, 0.25) is 15.9 Å². The van der Waals surface area contributed by atoms with E-state index in [0.717, 1.165) is 0 Å². The minimum Gasteiger partial charge on any atom is -0.326 e. The molecule has 6 nitrogen and oxygen atoms in total. The molecule has 0 aliphatic heterocycles. The van der Waals surface area contributed by atoms with Crippen LogP contribution in [0, 0.1) is 6.92 Å². The Hall–Kier alpha value is -1.15. The summed E-state index contributed by atoms with van der Waals surface area (Å²) in [7, 11) is -2.02. The molecule has 0 spiro atoms. The van der Waals surface area contributed by atoms with Gasteiger partial charge >= 0.3 is 0 Å². The van der Waals surface area contributed by atoms with Crippen molar-refractivity contribution in [2.45, 2.75) is 18.2 Å². The molecule has 8 heteroatoms. The molecule has 0 fully saturated rings. The Morgan fingerprint density at radius 2 is 2.00 bits per heavy atom. The minimum atomic E-state index is -3.77. The Bertz CT molecular complexity index is 546. The Labute approximate surface area is 119 Å². The van der Waals surface area contributed by atoms with Crippen molar-refractivity contribution in [1.29, 1.82) is 0 Å². The van der Waals surface area contributed by atoms with Gasteiger partial charge in [0.15, 0.2) is 0 Å². The number of sulfonamides is 1. The third-order valence-corrected chi connectivity index (χ3v) is 3.43. The maximum absolute atomic E-state index is 11.5. The molecule has 0 saturated carbocycles. The number of nitrogens with two attached hydrogens (primary N) is 1. The van der Waals surface area contributed by atoms with Crippen LogP contribution in [-0.2, 0) is 14.8 Å². The van der Waals surface area contributed by atoms with Crippen LogP contribution < -0.4 is 15.8 Å². The average molecular weight is 308 g/mol. The van der Waals surface area contributed by atoms with E-state index >= 15 is 0 Å². The number of rotatable bonds is 5. The van der Waals surface area contributed by atoms with Gasteiger partial charge in [0.25, 0.3) is 0 Å². The van der Waals surface area contributed by atoms with E-state index < -0.39 is 10.0 Å². The second-order valence-electron chi connectivity index (χ2n) is 3.93. The third kappa shape index (κ3) is 5.56. The van der Waals surface area contributed by atoms with Crippen LogP contribution >= 0.6 is 12.4 Å². The molecule has 0 aliphatic rings. The van der Waals surface area contributed by atoms with Crippen LogP contribution in [0.5, 0.6) is 0 Å². The number of halogens is 1. The predicted molar refractivity (Wildman–Crippen MR) is 77.0 cm³/mol. The molecule has 0 heterocycles. The molecule has 4 N–H and O–H groups in total. The third-order valence-electron chi connectivity index (χ3n) is 2.38. The van der Waals surface area contributed by atoms with E-state index in [1.165, 1.54) is 6.07 Å². The zero-order chi connectivity index (χ0) is 13.8. The maximum atomic E-state index is 11.5. The highest BCUT2D eigenvalue weighted by atomic mass is 35.5. The monoisotopic (exact) mass is 307 g/mol. The Morgan fingerprint density at radius 1 is 1.37 bits per heavy atom. The van der Waals surface area contributed by atoms with Crippen LogP contribution in [-0.4, -0.2) is 27.9 Å². The summed E-state index contributed by atoms with van der Waals surface area (Å²) in [6.07, 6.45) is 0.315. The van der Waals surface area contributed by atoms with E-state index in [1.807, 2.05) is 0 Å². The Morgan fingerprint density at radius 3 is 2.53 bits per heavy atom. The molecule has 1 aromatic rings. The molecule has 0 aromatic heterocycles. The van der Waals surface area contributed by atoms with Gasteiger partial charge in [-0.2, -0.15) is 0 Å². The summed E-state index contributed by atoms with van der Waals surface area (Å²) in [6, 6.07) is 4.61. The summed E-state index contributed by atoms with van der Waals surface area (Å²) in [4.78, 5) is 11.5. The van der Waals surface area contributed by atoms with Crippen molar-refractivity contribution in [3.63, 3.8) is 0 Å². The molecule has 1 aromatic carbocycles. The number of primary sulfonamides is 1. The van der Waals surface area contributed by atoms with Crippen molar-refractivity contribution in [1.82, 2.24) is 5.32 Å². The lowest BCUT2D eigenvalue weighted by Crippen LogP contribution is -2.19. The molecule has 19 heavy (non-hydrogen) atoms. The Balaban J connectivity index is 0.00000324. The van der Waals surface area contributed by atoms with Crippen LogP contribution in [0.15, 0.2) is 23.1 Å². The van der Waals surface area contributed by atoms with E-state index in [4.69, 9.17) is 5.14 Å². The number of amides is 1. The maximum Gasteiger partial charge on any atom is 0.238 e. The normalized spacial score (nSPS) is 10.7. The topological polar surface area (TPSA) is 101 Å². The number of carbonyl (C=O) groups is 1. The highest BCUT2D eigenvalue weighted by Crippen LogP contribution is 2.18. The largest absolute Gasteiger partial charge is 0.326 e. The van der Waals surface area contributed by atoms with E-state index in [0.29, 0.717) is 24.2 Å². The second kappa shape index (κ2) is 7.44. The predicted octanol–water partition coefficient (Wildman–Crippen LogP) is 0.612. The van der Waals surface area contributed by atoms with Crippen molar-refractivity contribution >= 4 is 34.0 Å². The zero-order valence-electron chi connectivity index (χ0n) is 10.8. The van der Waals surface area contributed by atoms with Gasteiger partial charge in [-0.25, -0.2) is 13.6 Å². The van der Waals surface area contributed by atoms with E-state index in [1.54, 1.807) is 26.1 Å². The van der Waals surface area contributed by atoms with Gasteiger partial charge in [-0.15, -0.1) is 12.4 Å². The van der Waals surface area contributed by atoms with Crippen molar-refractivity contribution < 1.29 is 13.2 Å². The highest BCUT2D eigenvalue weighted by molar-refractivity contribution is 7.89. The van der Waals surface area contributed by atoms with Crippen molar-refractivity contribution in [3.8, 4) is 0 Å². The van der Waals surface area contributed by atoms with E-state index in [-0.39, 0.29) is 23.2 Å². The van der Waals surface area contributed by atoms with E-state index in [2.05, 4.69) is 10.6 Å². The minimum absolute atomic E-state index is 0. The first-order valence-electron chi connectivity index (χ1n) is 5.42. The fraction of sp³-hybridized carbons (Fsp3) is 0.364. The van der Waals surface area contributed by atoms with Crippen LogP contribution in [0.2, 0.25) is 0 Å². The molecule has 1 rings (SSSR count). The smallest absolute Gasteiger partial charge is 0.238 e. The summed E-state index contributed by atoms with van der Waals surface area (Å²) in [5, 5.41) is 10.6. The number of benzene rings is 1. The van der Waals surface area contributed by atoms with Crippen LogP contribution in [0.1, 0.15) is 12.0 Å². The van der Waals surface area contributed by atoms with Crippen LogP contribution in [0.4, 0.5) is 5.69 Å². The second-order valence-corrected chi connectivity index (χ2v) is 5.46. The fourth-order valence-electron chi connectivity index (χ4n) is 1.45. The van der Waals surface area contributed by atoms with Gasteiger partial charge < -0.3 is 10.6 Å². The van der Waals surface area contributed by atoms with Crippen molar-refractivity contribution in [3.05, 3.63) is 23.8 Å². The standard InChI is InChI=1S/C11H17N3O3S.ClH/c1-8-3-4-9(7-10(8)18(12,16)17)14-11(15)5-6-13-2;/h3-4,7,13H,5-6H2,1-2H3,(H,14,15)(H2,12,16,17);1H. The number of nitrogens with one attached hydrogen (secondary N) is 2. The zero-order valence-corrected chi connectivity index (χ0v) is 12.4. The van der Waals surface area contributed by atoms with E-state index in [9.17, 15) is 13.2 Å². The fourth-order valence-corrected chi connectivity index (χ4v) is 2.25.